The zero-order chi connectivity index (χ0) is 12.4. The molecule has 3 nitrogen and oxygen atoms in total. The number of imidazole rings is 1. The summed E-state index contributed by atoms with van der Waals surface area (Å²) in [5.74, 6) is 0. The molecule has 0 aliphatic carbocycles. The number of nitrogens with two attached hydrogens (primary N) is 1. The third-order valence-electron chi connectivity index (χ3n) is 2.58. The topological polar surface area (TPSA) is 43.8 Å². The summed E-state index contributed by atoms with van der Waals surface area (Å²) in [7, 11) is 1.91. The van der Waals surface area contributed by atoms with Crippen LogP contribution in [0.25, 0.3) is 0 Å². The van der Waals surface area contributed by atoms with Crippen molar-refractivity contribution in [2.24, 2.45) is 12.8 Å². The molecular weight excluding hydrogens is 257 g/mol. The largest absolute Gasteiger partial charge is 0.340 e. The van der Waals surface area contributed by atoms with Gasteiger partial charge < -0.3 is 10.3 Å². The van der Waals surface area contributed by atoms with Crippen LogP contribution in [0, 0.1) is 0 Å². The Hall–Kier alpha value is -1.03. The minimum atomic E-state index is -0.174. The second kappa shape index (κ2) is 5.08. The van der Waals surface area contributed by atoms with Crippen LogP contribution >= 0.6 is 23.2 Å². The van der Waals surface area contributed by atoms with Crippen LogP contribution in [0.5, 0.6) is 0 Å². The van der Waals surface area contributed by atoms with Crippen molar-refractivity contribution < 1.29 is 0 Å². The molecule has 0 bridgehead atoms. The molecule has 1 aromatic carbocycles. The van der Waals surface area contributed by atoms with Crippen molar-refractivity contribution in [2.75, 3.05) is 0 Å². The number of hydrogen-bond acceptors (Lipinski definition) is 2. The predicted molar refractivity (Wildman–Crippen MR) is 70.3 cm³/mol. The highest BCUT2D eigenvalue weighted by Gasteiger charge is 2.13. The monoisotopic (exact) mass is 269 g/mol. The van der Waals surface area contributed by atoms with Crippen molar-refractivity contribution >= 4 is 23.2 Å². The highest BCUT2D eigenvalue weighted by atomic mass is 35.5. The zero-order valence-corrected chi connectivity index (χ0v) is 10.9. The third-order valence-corrected chi connectivity index (χ3v) is 3.43. The van der Waals surface area contributed by atoms with Crippen LogP contribution < -0.4 is 5.73 Å². The molecule has 1 atom stereocenters. The highest BCUT2D eigenvalue weighted by Crippen LogP contribution is 2.28. The van der Waals surface area contributed by atoms with Crippen molar-refractivity contribution in [1.82, 2.24) is 9.55 Å². The van der Waals surface area contributed by atoms with E-state index in [-0.39, 0.29) is 6.04 Å². The van der Waals surface area contributed by atoms with Crippen molar-refractivity contribution in [3.8, 4) is 0 Å². The number of rotatable bonds is 3. The molecule has 1 aromatic heterocycles. The second-order valence-corrected chi connectivity index (χ2v) is 4.77. The molecule has 0 saturated heterocycles. The quantitative estimate of drug-likeness (QED) is 0.931. The molecule has 0 radical (unpaired) electrons. The fourth-order valence-corrected chi connectivity index (χ4v) is 2.07. The molecule has 0 fully saturated rings. The molecule has 2 rings (SSSR count). The Kier molecular flexibility index (Phi) is 3.72. The molecule has 1 unspecified atom stereocenters. The first-order valence-corrected chi connectivity index (χ1v) is 6.00. The van der Waals surface area contributed by atoms with E-state index in [2.05, 4.69) is 4.98 Å². The second-order valence-electron chi connectivity index (χ2n) is 3.99. The summed E-state index contributed by atoms with van der Waals surface area (Å²) in [5.41, 5.74) is 7.87. The first-order valence-electron chi connectivity index (χ1n) is 5.24. The van der Waals surface area contributed by atoms with E-state index in [4.69, 9.17) is 28.9 Å². The van der Waals surface area contributed by atoms with Gasteiger partial charge in [-0.3, -0.25) is 0 Å². The molecule has 2 N–H and O–H groups in total. The SMILES string of the molecule is Cn1cnc(C(N)Cc2cccc(Cl)c2Cl)c1. The van der Waals surface area contributed by atoms with Gasteiger partial charge in [-0.2, -0.15) is 0 Å². The molecular formula is C12H13Cl2N3. The van der Waals surface area contributed by atoms with Crippen LogP contribution in [0.15, 0.2) is 30.7 Å². The summed E-state index contributed by atoms with van der Waals surface area (Å²) in [4.78, 5) is 4.23. The fourth-order valence-electron chi connectivity index (χ4n) is 1.67. The van der Waals surface area contributed by atoms with Gasteiger partial charge in [-0.1, -0.05) is 35.3 Å². The average molecular weight is 270 g/mol. The number of hydrogen-bond donors (Lipinski definition) is 1. The van der Waals surface area contributed by atoms with E-state index >= 15 is 0 Å². The maximum absolute atomic E-state index is 6.12. The van der Waals surface area contributed by atoms with E-state index in [1.165, 1.54) is 0 Å². The Balaban J connectivity index is 2.18. The van der Waals surface area contributed by atoms with E-state index in [1.54, 1.807) is 12.4 Å². The van der Waals surface area contributed by atoms with Crippen LogP contribution in [0.3, 0.4) is 0 Å². The van der Waals surface area contributed by atoms with Gasteiger partial charge in [0.05, 0.1) is 28.1 Å². The van der Waals surface area contributed by atoms with Crippen LogP contribution in [0.2, 0.25) is 10.0 Å². The van der Waals surface area contributed by atoms with Gasteiger partial charge in [0, 0.05) is 13.2 Å². The molecule has 1 heterocycles. The Labute approximate surface area is 110 Å². The molecule has 0 amide bonds. The maximum atomic E-state index is 6.12. The molecule has 2 aromatic rings. The summed E-state index contributed by atoms with van der Waals surface area (Å²) < 4.78 is 1.87. The van der Waals surface area contributed by atoms with E-state index < -0.39 is 0 Å². The molecule has 0 aliphatic heterocycles. The lowest BCUT2D eigenvalue weighted by molar-refractivity contribution is 0.700. The van der Waals surface area contributed by atoms with Gasteiger partial charge in [-0.25, -0.2) is 4.98 Å². The molecule has 5 heteroatoms. The van der Waals surface area contributed by atoms with Crippen LogP contribution in [-0.2, 0) is 13.5 Å². The van der Waals surface area contributed by atoms with Crippen LogP contribution in [-0.4, -0.2) is 9.55 Å². The van der Waals surface area contributed by atoms with Gasteiger partial charge in [0.2, 0.25) is 0 Å². The summed E-state index contributed by atoms with van der Waals surface area (Å²) in [5, 5.41) is 1.12. The Morgan fingerprint density at radius 1 is 1.41 bits per heavy atom. The minimum absolute atomic E-state index is 0.174. The first-order chi connectivity index (χ1) is 8.08. The minimum Gasteiger partial charge on any atom is -0.340 e. The van der Waals surface area contributed by atoms with E-state index in [0.29, 0.717) is 16.5 Å². The van der Waals surface area contributed by atoms with Gasteiger partial charge in [-0.15, -0.1) is 0 Å². The molecule has 17 heavy (non-hydrogen) atoms. The van der Waals surface area contributed by atoms with Crippen molar-refractivity contribution in [3.05, 3.63) is 52.0 Å². The lowest BCUT2D eigenvalue weighted by Crippen LogP contribution is -2.14. The van der Waals surface area contributed by atoms with Gasteiger partial charge >= 0.3 is 0 Å². The number of nitrogens with zero attached hydrogens (tertiary/aromatic N) is 2. The van der Waals surface area contributed by atoms with E-state index in [9.17, 15) is 0 Å². The smallest absolute Gasteiger partial charge is 0.0947 e. The summed E-state index contributed by atoms with van der Waals surface area (Å²) in [6, 6.07) is 5.39. The molecule has 0 aliphatic rings. The van der Waals surface area contributed by atoms with Gasteiger partial charge in [-0.05, 0) is 18.1 Å². The van der Waals surface area contributed by atoms with Gasteiger partial charge in [0.1, 0.15) is 0 Å². The third kappa shape index (κ3) is 2.80. The fraction of sp³-hybridized carbons (Fsp3) is 0.250. The van der Waals surface area contributed by atoms with Crippen molar-refractivity contribution in [3.63, 3.8) is 0 Å². The summed E-state index contributed by atoms with van der Waals surface area (Å²) in [6.07, 6.45) is 4.26. The summed E-state index contributed by atoms with van der Waals surface area (Å²) in [6.45, 7) is 0. The number of halogens is 2. The number of aryl methyl sites for hydroxylation is 1. The number of benzene rings is 1. The Morgan fingerprint density at radius 2 is 2.18 bits per heavy atom. The Bertz CT molecular complexity index is 522. The lowest BCUT2D eigenvalue weighted by Gasteiger charge is -2.11. The Morgan fingerprint density at radius 3 is 2.82 bits per heavy atom. The zero-order valence-electron chi connectivity index (χ0n) is 9.40. The molecule has 90 valence electrons. The normalized spacial score (nSPS) is 12.7. The summed E-state index contributed by atoms with van der Waals surface area (Å²) >= 11 is 12.1. The van der Waals surface area contributed by atoms with E-state index in [0.717, 1.165) is 11.3 Å². The lowest BCUT2D eigenvalue weighted by atomic mass is 10.0. The van der Waals surface area contributed by atoms with Crippen molar-refractivity contribution in [2.45, 2.75) is 12.5 Å². The molecule has 0 saturated carbocycles. The van der Waals surface area contributed by atoms with Gasteiger partial charge in [0.25, 0.3) is 0 Å². The first kappa shape index (κ1) is 12.4. The van der Waals surface area contributed by atoms with E-state index in [1.807, 2.05) is 29.9 Å². The number of aromatic nitrogens is 2. The van der Waals surface area contributed by atoms with Crippen LogP contribution in [0.1, 0.15) is 17.3 Å². The standard InChI is InChI=1S/C12H13Cl2N3/c1-17-6-11(16-7-17)10(15)5-8-3-2-4-9(13)12(8)14/h2-4,6-7,10H,5,15H2,1H3. The predicted octanol–water partition coefficient (Wildman–Crippen LogP) is 2.97. The highest BCUT2D eigenvalue weighted by molar-refractivity contribution is 6.42. The van der Waals surface area contributed by atoms with Crippen LogP contribution in [0.4, 0.5) is 0 Å². The molecule has 0 spiro atoms. The maximum Gasteiger partial charge on any atom is 0.0947 e. The van der Waals surface area contributed by atoms with Crippen molar-refractivity contribution in [1.29, 1.82) is 0 Å². The van der Waals surface area contributed by atoms with Gasteiger partial charge in [0.15, 0.2) is 0 Å². The average Bonchev–Trinajstić information content (AvgIpc) is 2.72.